The van der Waals surface area contributed by atoms with E-state index in [9.17, 15) is 10.1 Å². The molecule has 6 heteroatoms. The molecule has 6 nitrogen and oxygen atoms in total. The molecule has 12 heavy (non-hydrogen) atoms. The van der Waals surface area contributed by atoms with Crippen molar-refractivity contribution in [1.82, 2.24) is 9.78 Å². The quantitative estimate of drug-likeness (QED) is 0.498. The molecule has 0 bridgehead atoms. The number of hydrogen-bond donors (Lipinski definition) is 0. The van der Waals surface area contributed by atoms with Crippen LogP contribution in [-0.2, 0) is 6.54 Å². The average Bonchev–Trinajstić information content (AvgIpc) is 2.46. The molecule has 0 amide bonds. The third-order valence-corrected chi connectivity index (χ3v) is 1.46. The summed E-state index contributed by atoms with van der Waals surface area (Å²) in [6.07, 6.45) is 1.18. The second-order valence-corrected chi connectivity index (χ2v) is 2.11. The lowest BCUT2D eigenvalue weighted by Crippen LogP contribution is -2.00. The van der Waals surface area contributed by atoms with Gasteiger partial charge in [0.1, 0.15) is 6.20 Å². The minimum Gasteiger partial charge on any atom is -0.476 e. The summed E-state index contributed by atoms with van der Waals surface area (Å²) in [7, 11) is 1.39. The molecule has 0 saturated carbocycles. The van der Waals surface area contributed by atoms with Gasteiger partial charge in [0.05, 0.1) is 12.0 Å². The molecule has 0 fully saturated rings. The van der Waals surface area contributed by atoms with Crippen molar-refractivity contribution < 1.29 is 9.66 Å². The molecule has 0 aliphatic rings. The maximum absolute atomic E-state index is 10.4. The zero-order chi connectivity index (χ0) is 9.14. The first kappa shape index (κ1) is 8.51. The molecule has 1 heterocycles. The molecule has 0 spiro atoms. The van der Waals surface area contributed by atoms with Gasteiger partial charge in [-0.05, 0) is 6.92 Å². The first-order valence-electron chi connectivity index (χ1n) is 3.44. The summed E-state index contributed by atoms with van der Waals surface area (Å²) in [5, 5.41) is 14.2. The molecule has 0 aliphatic heterocycles. The van der Waals surface area contributed by atoms with Crippen LogP contribution in [0.4, 0.5) is 5.69 Å². The molecule has 0 unspecified atom stereocenters. The van der Waals surface area contributed by atoms with Gasteiger partial charge in [-0.1, -0.05) is 0 Å². The average molecular weight is 171 g/mol. The predicted octanol–water partition coefficient (Wildman–Crippen LogP) is 0.820. The highest BCUT2D eigenvalue weighted by molar-refractivity contribution is 5.38. The van der Waals surface area contributed by atoms with Crippen molar-refractivity contribution in [3.8, 4) is 5.88 Å². The van der Waals surface area contributed by atoms with Crippen LogP contribution in [0.1, 0.15) is 6.92 Å². The second kappa shape index (κ2) is 3.21. The summed E-state index contributed by atoms with van der Waals surface area (Å²) in [4.78, 5) is 9.87. The van der Waals surface area contributed by atoms with Crippen LogP contribution in [0, 0.1) is 10.1 Å². The zero-order valence-corrected chi connectivity index (χ0v) is 6.85. The molecular formula is C6H9N3O3. The van der Waals surface area contributed by atoms with Gasteiger partial charge in [0.25, 0.3) is 5.88 Å². The van der Waals surface area contributed by atoms with Crippen molar-refractivity contribution in [3.63, 3.8) is 0 Å². The minimum absolute atomic E-state index is 0.0978. The van der Waals surface area contributed by atoms with Crippen LogP contribution in [-0.4, -0.2) is 21.8 Å². The van der Waals surface area contributed by atoms with Gasteiger partial charge in [0.15, 0.2) is 0 Å². The van der Waals surface area contributed by atoms with Gasteiger partial charge in [0.2, 0.25) is 0 Å². The summed E-state index contributed by atoms with van der Waals surface area (Å²) >= 11 is 0. The van der Waals surface area contributed by atoms with Gasteiger partial charge >= 0.3 is 5.69 Å². The summed E-state index contributed by atoms with van der Waals surface area (Å²) in [6.45, 7) is 2.39. The monoisotopic (exact) mass is 171 g/mol. The lowest BCUT2D eigenvalue weighted by atomic mass is 10.5. The molecule has 0 aromatic carbocycles. The number of ether oxygens (including phenoxy) is 1. The number of rotatable bonds is 3. The number of aromatic nitrogens is 2. The number of hydrogen-bond acceptors (Lipinski definition) is 4. The summed E-state index contributed by atoms with van der Waals surface area (Å²) < 4.78 is 6.26. The van der Waals surface area contributed by atoms with Crippen LogP contribution >= 0.6 is 0 Å². The molecular weight excluding hydrogens is 162 g/mol. The molecule has 66 valence electrons. The summed E-state index contributed by atoms with van der Waals surface area (Å²) in [5.74, 6) is 0.197. The molecule has 0 N–H and O–H groups in total. The lowest BCUT2D eigenvalue weighted by molar-refractivity contribution is -0.385. The maximum atomic E-state index is 10.4. The highest BCUT2D eigenvalue weighted by Gasteiger charge is 2.20. The van der Waals surface area contributed by atoms with Crippen molar-refractivity contribution in [2.75, 3.05) is 7.11 Å². The highest BCUT2D eigenvalue weighted by Crippen LogP contribution is 2.25. The first-order valence-corrected chi connectivity index (χ1v) is 3.44. The smallest absolute Gasteiger partial charge is 0.350 e. The zero-order valence-electron chi connectivity index (χ0n) is 6.85. The van der Waals surface area contributed by atoms with E-state index < -0.39 is 4.92 Å². The van der Waals surface area contributed by atoms with E-state index in [0.29, 0.717) is 6.54 Å². The Morgan fingerprint density at radius 1 is 1.83 bits per heavy atom. The predicted molar refractivity (Wildman–Crippen MR) is 41.1 cm³/mol. The fourth-order valence-electron chi connectivity index (χ4n) is 0.925. The minimum atomic E-state index is -0.516. The standard InChI is InChI=1S/C6H9N3O3/c1-3-8-6(12-2)5(4-7-8)9(10)11/h4H,3H2,1-2H3. The summed E-state index contributed by atoms with van der Waals surface area (Å²) in [6, 6.07) is 0. The normalized spacial score (nSPS) is 9.83. The molecule has 1 aromatic heterocycles. The van der Waals surface area contributed by atoms with E-state index in [2.05, 4.69) is 5.10 Å². The van der Waals surface area contributed by atoms with Crippen LogP contribution in [0.25, 0.3) is 0 Å². The maximum Gasteiger partial charge on any atom is 0.350 e. The van der Waals surface area contributed by atoms with Crippen molar-refractivity contribution in [1.29, 1.82) is 0 Å². The third kappa shape index (κ3) is 1.23. The van der Waals surface area contributed by atoms with Crippen LogP contribution in [0.3, 0.4) is 0 Å². The molecule has 0 aliphatic carbocycles. The molecule has 0 atom stereocenters. The third-order valence-electron chi connectivity index (χ3n) is 1.46. The number of aryl methyl sites for hydroxylation is 1. The van der Waals surface area contributed by atoms with Crippen molar-refractivity contribution in [2.45, 2.75) is 13.5 Å². The van der Waals surface area contributed by atoms with Gasteiger partial charge < -0.3 is 4.74 Å². The lowest BCUT2D eigenvalue weighted by Gasteiger charge is -2.00. The van der Waals surface area contributed by atoms with Crippen LogP contribution in [0.5, 0.6) is 5.88 Å². The largest absolute Gasteiger partial charge is 0.476 e. The fourth-order valence-corrected chi connectivity index (χ4v) is 0.925. The first-order chi connectivity index (χ1) is 5.70. The number of nitro groups is 1. The number of methoxy groups -OCH3 is 1. The Hall–Kier alpha value is -1.59. The molecule has 0 radical (unpaired) electrons. The SMILES string of the molecule is CCn1ncc([N+](=O)[O-])c1OC. The van der Waals surface area contributed by atoms with Crippen LogP contribution in [0.2, 0.25) is 0 Å². The Bertz CT molecular complexity index is 294. The van der Waals surface area contributed by atoms with E-state index >= 15 is 0 Å². The Kier molecular flexibility index (Phi) is 2.27. The van der Waals surface area contributed by atoms with Gasteiger partial charge in [0, 0.05) is 6.54 Å². The van der Waals surface area contributed by atoms with E-state index in [4.69, 9.17) is 4.74 Å². The van der Waals surface area contributed by atoms with E-state index in [1.165, 1.54) is 18.0 Å². The molecule has 1 rings (SSSR count). The Morgan fingerprint density at radius 3 is 2.92 bits per heavy atom. The van der Waals surface area contributed by atoms with Crippen LogP contribution in [0.15, 0.2) is 6.20 Å². The van der Waals surface area contributed by atoms with E-state index in [1.807, 2.05) is 6.92 Å². The highest BCUT2D eigenvalue weighted by atomic mass is 16.6. The van der Waals surface area contributed by atoms with Crippen LogP contribution < -0.4 is 4.74 Å². The second-order valence-electron chi connectivity index (χ2n) is 2.11. The van der Waals surface area contributed by atoms with Gasteiger partial charge in [-0.2, -0.15) is 5.10 Å². The van der Waals surface area contributed by atoms with Gasteiger partial charge in [-0.3, -0.25) is 10.1 Å². The Morgan fingerprint density at radius 2 is 2.50 bits per heavy atom. The topological polar surface area (TPSA) is 70.2 Å². The van der Waals surface area contributed by atoms with E-state index in [0.717, 1.165) is 0 Å². The molecule has 0 saturated heterocycles. The molecule has 1 aromatic rings. The Balaban J connectivity index is 3.13. The summed E-state index contributed by atoms with van der Waals surface area (Å²) in [5.41, 5.74) is -0.0978. The van der Waals surface area contributed by atoms with Gasteiger partial charge in [-0.15, -0.1) is 0 Å². The van der Waals surface area contributed by atoms with Crippen molar-refractivity contribution in [3.05, 3.63) is 16.3 Å². The van der Waals surface area contributed by atoms with Crippen molar-refractivity contribution in [2.24, 2.45) is 0 Å². The number of nitrogens with zero attached hydrogens (tertiary/aromatic N) is 3. The Labute approximate surface area is 68.9 Å². The van der Waals surface area contributed by atoms with Gasteiger partial charge in [-0.25, -0.2) is 4.68 Å². The van der Waals surface area contributed by atoms with Crippen molar-refractivity contribution >= 4 is 5.69 Å². The fraction of sp³-hybridized carbons (Fsp3) is 0.500. The van der Waals surface area contributed by atoms with E-state index in [-0.39, 0.29) is 11.6 Å². The van der Waals surface area contributed by atoms with E-state index in [1.54, 1.807) is 0 Å².